The van der Waals surface area contributed by atoms with Crippen molar-refractivity contribution in [3.05, 3.63) is 41.5 Å². The number of carbonyl (C=O) groups is 1. The van der Waals surface area contributed by atoms with Gasteiger partial charge in [0.15, 0.2) is 0 Å². The highest BCUT2D eigenvalue weighted by Gasteiger charge is 2.12. The third-order valence-electron chi connectivity index (χ3n) is 3.41. The quantitative estimate of drug-likeness (QED) is 0.851. The smallest absolute Gasteiger partial charge is 0.253 e. The van der Waals surface area contributed by atoms with Gasteiger partial charge in [-0.1, -0.05) is 6.92 Å². The molecule has 2 N–H and O–H groups in total. The van der Waals surface area contributed by atoms with Gasteiger partial charge in [-0.25, -0.2) is 0 Å². The predicted molar refractivity (Wildman–Crippen MR) is 82.1 cm³/mol. The number of aryl methyl sites for hydroxylation is 1. The minimum atomic E-state index is -0.112. The first-order chi connectivity index (χ1) is 10.1. The number of amides is 1. The first kappa shape index (κ1) is 15.0. The minimum Gasteiger partial charge on any atom is -0.383 e. The number of pyridine rings is 1. The standard InChI is InChI=1S/C15H21N5O/c1-4-6-17-14-10-16-7-5-13(14)15(21)18-8-12-9-19-20(3)11(12)2/h5,7,9-10,17H,4,6,8H2,1-3H3,(H,18,21). The van der Waals surface area contributed by atoms with E-state index in [1.165, 1.54) is 0 Å². The summed E-state index contributed by atoms with van der Waals surface area (Å²) in [6.07, 6.45) is 6.07. The molecule has 2 heterocycles. The van der Waals surface area contributed by atoms with E-state index < -0.39 is 0 Å². The Bertz CT molecular complexity index is 620. The summed E-state index contributed by atoms with van der Waals surface area (Å²) in [4.78, 5) is 16.4. The van der Waals surface area contributed by atoms with Gasteiger partial charge >= 0.3 is 0 Å². The van der Waals surface area contributed by atoms with E-state index in [2.05, 4.69) is 27.6 Å². The van der Waals surface area contributed by atoms with Crippen molar-refractivity contribution in [3.8, 4) is 0 Å². The lowest BCUT2D eigenvalue weighted by Gasteiger charge is -2.11. The van der Waals surface area contributed by atoms with Crippen LogP contribution in [-0.4, -0.2) is 27.2 Å². The number of rotatable bonds is 6. The van der Waals surface area contributed by atoms with Gasteiger partial charge in [-0.3, -0.25) is 14.5 Å². The Hall–Kier alpha value is -2.37. The monoisotopic (exact) mass is 287 g/mol. The number of hydrogen-bond donors (Lipinski definition) is 2. The Kier molecular flexibility index (Phi) is 4.92. The van der Waals surface area contributed by atoms with E-state index in [0.717, 1.165) is 29.9 Å². The van der Waals surface area contributed by atoms with Crippen molar-refractivity contribution in [1.29, 1.82) is 0 Å². The normalized spacial score (nSPS) is 10.4. The molecule has 0 unspecified atom stereocenters. The van der Waals surface area contributed by atoms with Crippen molar-refractivity contribution in [2.75, 3.05) is 11.9 Å². The zero-order chi connectivity index (χ0) is 15.2. The molecule has 0 fully saturated rings. The molecule has 0 spiro atoms. The van der Waals surface area contributed by atoms with Gasteiger partial charge in [0.2, 0.25) is 0 Å². The molecule has 0 aliphatic heterocycles. The lowest BCUT2D eigenvalue weighted by molar-refractivity contribution is 0.0951. The topological polar surface area (TPSA) is 71.8 Å². The summed E-state index contributed by atoms with van der Waals surface area (Å²) in [5.41, 5.74) is 3.44. The lowest BCUT2D eigenvalue weighted by Crippen LogP contribution is -2.24. The lowest BCUT2D eigenvalue weighted by atomic mass is 10.2. The van der Waals surface area contributed by atoms with Gasteiger partial charge < -0.3 is 10.6 Å². The molecule has 0 bridgehead atoms. The minimum absolute atomic E-state index is 0.112. The van der Waals surface area contributed by atoms with E-state index in [1.807, 2.05) is 14.0 Å². The molecular formula is C15H21N5O. The average Bonchev–Trinajstić information content (AvgIpc) is 2.82. The molecule has 6 heteroatoms. The van der Waals surface area contributed by atoms with Crippen LogP contribution in [0, 0.1) is 6.92 Å². The summed E-state index contributed by atoms with van der Waals surface area (Å²) in [5.74, 6) is -0.112. The summed E-state index contributed by atoms with van der Waals surface area (Å²) >= 11 is 0. The molecule has 0 aliphatic carbocycles. The Morgan fingerprint density at radius 2 is 2.19 bits per heavy atom. The second-order valence-corrected chi connectivity index (χ2v) is 4.91. The van der Waals surface area contributed by atoms with Crippen molar-refractivity contribution in [3.63, 3.8) is 0 Å². The zero-order valence-corrected chi connectivity index (χ0v) is 12.7. The largest absolute Gasteiger partial charge is 0.383 e. The number of aromatic nitrogens is 3. The summed E-state index contributed by atoms with van der Waals surface area (Å²) in [6.45, 7) is 5.34. The summed E-state index contributed by atoms with van der Waals surface area (Å²) in [5, 5.41) is 10.3. The maximum Gasteiger partial charge on any atom is 0.253 e. The molecule has 6 nitrogen and oxygen atoms in total. The fraction of sp³-hybridized carbons (Fsp3) is 0.400. The number of anilines is 1. The number of nitrogens with zero attached hydrogens (tertiary/aromatic N) is 3. The summed E-state index contributed by atoms with van der Waals surface area (Å²) in [6, 6.07) is 1.73. The van der Waals surface area contributed by atoms with Crippen molar-refractivity contribution >= 4 is 11.6 Å². The Morgan fingerprint density at radius 1 is 1.38 bits per heavy atom. The summed E-state index contributed by atoms with van der Waals surface area (Å²) in [7, 11) is 1.89. The molecular weight excluding hydrogens is 266 g/mol. The molecule has 0 saturated heterocycles. The molecule has 112 valence electrons. The van der Waals surface area contributed by atoms with Gasteiger partial charge in [-0.2, -0.15) is 5.10 Å². The third kappa shape index (κ3) is 3.59. The summed E-state index contributed by atoms with van der Waals surface area (Å²) < 4.78 is 1.79. The van der Waals surface area contributed by atoms with Crippen LogP contribution in [0.1, 0.15) is 35.0 Å². The van der Waals surface area contributed by atoms with Gasteiger partial charge in [0.1, 0.15) is 0 Å². The van der Waals surface area contributed by atoms with Gasteiger partial charge in [0.25, 0.3) is 5.91 Å². The highest BCUT2D eigenvalue weighted by molar-refractivity contribution is 5.99. The van der Waals surface area contributed by atoms with E-state index in [-0.39, 0.29) is 5.91 Å². The third-order valence-corrected chi connectivity index (χ3v) is 3.41. The van der Waals surface area contributed by atoms with E-state index in [0.29, 0.717) is 12.1 Å². The van der Waals surface area contributed by atoms with Crippen LogP contribution in [0.5, 0.6) is 0 Å². The van der Waals surface area contributed by atoms with Crippen LogP contribution in [0.15, 0.2) is 24.7 Å². The Morgan fingerprint density at radius 3 is 2.86 bits per heavy atom. The Labute approximate surface area is 124 Å². The second-order valence-electron chi connectivity index (χ2n) is 4.91. The van der Waals surface area contributed by atoms with Crippen LogP contribution in [0.3, 0.4) is 0 Å². The first-order valence-electron chi connectivity index (χ1n) is 7.07. The molecule has 0 aromatic carbocycles. The van der Waals surface area contributed by atoms with Crippen molar-refractivity contribution in [2.45, 2.75) is 26.8 Å². The molecule has 0 atom stereocenters. The molecule has 2 aromatic rings. The molecule has 1 amide bonds. The van der Waals surface area contributed by atoms with Gasteiger partial charge in [-0.15, -0.1) is 0 Å². The van der Waals surface area contributed by atoms with Crippen LogP contribution in [0.2, 0.25) is 0 Å². The van der Waals surface area contributed by atoms with Crippen LogP contribution in [0.4, 0.5) is 5.69 Å². The number of hydrogen-bond acceptors (Lipinski definition) is 4. The molecule has 2 rings (SSSR count). The average molecular weight is 287 g/mol. The van der Waals surface area contributed by atoms with Gasteiger partial charge in [-0.05, 0) is 19.4 Å². The highest BCUT2D eigenvalue weighted by atomic mass is 16.1. The van der Waals surface area contributed by atoms with E-state index >= 15 is 0 Å². The van der Waals surface area contributed by atoms with Crippen molar-refractivity contribution in [1.82, 2.24) is 20.1 Å². The van der Waals surface area contributed by atoms with E-state index in [1.54, 1.807) is 29.3 Å². The Balaban J connectivity index is 2.05. The first-order valence-corrected chi connectivity index (χ1v) is 7.07. The van der Waals surface area contributed by atoms with Crippen LogP contribution >= 0.6 is 0 Å². The predicted octanol–water partition coefficient (Wildman–Crippen LogP) is 1.88. The highest BCUT2D eigenvalue weighted by Crippen LogP contribution is 2.14. The van der Waals surface area contributed by atoms with Crippen molar-refractivity contribution < 1.29 is 4.79 Å². The van der Waals surface area contributed by atoms with Crippen LogP contribution < -0.4 is 10.6 Å². The SMILES string of the molecule is CCCNc1cnccc1C(=O)NCc1cnn(C)c1C. The molecule has 0 saturated carbocycles. The molecule has 0 aliphatic rings. The van der Waals surface area contributed by atoms with Crippen molar-refractivity contribution in [2.24, 2.45) is 7.05 Å². The number of carbonyl (C=O) groups excluding carboxylic acids is 1. The fourth-order valence-corrected chi connectivity index (χ4v) is 1.98. The molecule has 2 aromatic heterocycles. The van der Waals surface area contributed by atoms with E-state index in [9.17, 15) is 4.79 Å². The fourth-order valence-electron chi connectivity index (χ4n) is 1.98. The second kappa shape index (κ2) is 6.88. The van der Waals surface area contributed by atoms with Gasteiger partial charge in [0, 0.05) is 37.6 Å². The maximum absolute atomic E-state index is 12.3. The van der Waals surface area contributed by atoms with Gasteiger partial charge in [0.05, 0.1) is 23.6 Å². The maximum atomic E-state index is 12.3. The number of nitrogens with one attached hydrogen (secondary N) is 2. The zero-order valence-electron chi connectivity index (χ0n) is 12.7. The van der Waals surface area contributed by atoms with E-state index in [4.69, 9.17) is 0 Å². The van der Waals surface area contributed by atoms with Crippen LogP contribution in [0.25, 0.3) is 0 Å². The molecule has 21 heavy (non-hydrogen) atoms. The van der Waals surface area contributed by atoms with Crippen LogP contribution in [-0.2, 0) is 13.6 Å². The molecule has 0 radical (unpaired) electrons.